The maximum absolute atomic E-state index is 13.9. The summed E-state index contributed by atoms with van der Waals surface area (Å²) in [6, 6.07) is 21.5. The molecule has 6 rings (SSSR count). The van der Waals surface area contributed by atoms with Crippen LogP contribution in [-0.4, -0.2) is 27.5 Å². The fourth-order valence-corrected chi connectivity index (χ4v) is 8.34. The van der Waals surface area contributed by atoms with Crippen molar-refractivity contribution in [3.63, 3.8) is 0 Å². The summed E-state index contributed by atoms with van der Waals surface area (Å²) in [5, 5.41) is 3.16. The topological polar surface area (TPSA) is 88.5 Å². The number of aryl methyl sites for hydroxylation is 1. The first-order chi connectivity index (χ1) is 19.2. The molecule has 2 aliphatic heterocycles. The Kier molecular flexibility index (Phi) is 7.20. The van der Waals surface area contributed by atoms with Crippen LogP contribution in [0.25, 0.3) is 0 Å². The van der Waals surface area contributed by atoms with Crippen LogP contribution in [0.2, 0.25) is 5.02 Å². The van der Waals surface area contributed by atoms with Gasteiger partial charge in [-0.25, -0.2) is 4.90 Å². The van der Waals surface area contributed by atoms with Crippen molar-refractivity contribution in [1.29, 1.82) is 0 Å². The molecule has 7 nitrogen and oxygen atoms in total. The third-order valence-corrected chi connectivity index (χ3v) is 10.5. The molecule has 0 spiro atoms. The third-order valence-electron chi connectivity index (χ3n) is 7.08. The van der Waals surface area contributed by atoms with Gasteiger partial charge in [-0.15, -0.1) is 0 Å². The maximum atomic E-state index is 13.9. The van der Waals surface area contributed by atoms with Gasteiger partial charge in [0.15, 0.2) is 0 Å². The lowest BCUT2D eigenvalue weighted by molar-refractivity contribution is -0.122. The number of anilines is 2. The second-order valence-corrected chi connectivity index (χ2v) is 13.0. The second kappa shape index (κ2) is 10.7. The number of hydrogen-bond donors (Lipinski definition) is 1. The van der Waals surface area contributed by atoms with E-state index in [0.29, 0.717) is 26.3 Å². The molecule has 0 aliphatic carbocycles. The van der Waals surface area contributed by atoms with Gasteiger partial charge in [0.1, 0.15) is 11.8 Å². The van der Waals surface area contributed by atoms with Crippen molar-refractivity contribution < 1.29 is 14.4 Å². The van der Waals surface area contributed by atoms with Crippen LogP contribution in [0.3, 0.4) is 0 Å². The number of thioether (sulfide) groups is 1. The first kappa shape index (κ1) is 27.0. The molecular weight excluding hydrogens is 634 g/mol. The number of carbonyl (C=O) groups is 3. The summed E-state index contributed by atoms with van der Waals surface area (Å²) >= 11 is 11.7. The highest BCUT2D eigenvalue weighted by molar-refractivity contribution is 9.10. The van der Waals surface area contributed by atoms with Gasteiger partial charge in [0.25, 0.3) is 0 Å². The van der Waals surface area contributed by atoms with E-state index in [1.54, 1.807) is 30.3 Å². The molecule has 1 fully saturated rings. The summed E-state index contributed by atoms with van der Waals surface area (Å²) in [6.07, 6.45) is 0. The number of aromatic nitrogens is 1. The number of fused-ring (bicyclic) bond motifs is 2. The summed E-state index contributed by atoms with van der Waals surface area (Å²) in [7, 11) is 0. The molecule has 202 valence electrons. The Hall–Kier alpha value is -3.18. The van der Waals surface area contributed by atoms with Gasteiger partial charge in [-0.2, -0.15) is 0 Å². The Balaban J connectivity index is 1.41. The molecule has 3 heterocycles. The Morgan fingerprint density at radius 2 is 1.68 bits per heavy atom. The largest absolute Gasteiger partial charge is 0.324 e. The van der Waals surface area contributed by atoms with Gasteiger partial charge in [0, 0.05) is 26.0 Å². The molecule has 3 atom stereocenters. The maximum Gasteiger partial charge on any atom is 0.308 e. The molecule has 2 aliphatic rings. The van der Waals surface area contributed by atoms with E-state index >= 15 is 0 Å². The first-order valence-corrected chi connectivity index (χ1v) is 15.2. The lowest BCUT2D eigenvalue weighted by Gasteiger charge is -2.30. The van der Waals surface area contributed by atoms with Crippen LogP contribution in [0.15, 0.2) is 87.1 Å². The number of hydrogen-bond acceptors (Lipinski definition) is 6. The standard InChI is InChI=1S/C29H21BrClN3O4S2/c1-15-4-2-3-5-20(15)32-21(35)14-33-28-25(40-29(33)38)22(16-6-8-17(30)9-7-16)23-24(39-28)27(37)34(26(23)36)19-12-10-18(31)11-13-19/h2-13,22-24H,14H2,1H3,(H,32,35)/t22-,23?,24?/m1/s1. The van der Waals surface area contributed by atoms with Gasteiger partial charge in [-0.05, 0) is 60.5 Å². The third kappa shape index (κ3) is 4.72. The molecule has 40 heavy (non-hydrogen) atoms. The minimum atomic E-state index is -0.760. The predicted octanol–water partition coefficient (Wildman–Crippen LogP) is 6.07. The highest BCUT2D eigenvalue weighted by atomic mass is 79.9. The second-order valence-electron chi connectivity index (χ2n) is 9.57. The van der Waals surface area contributed by atoms with E-state index in [2.05, 4.69) is 21.2 Å². The van der Waals surface area contributed by atoms with E-state index in [1.165, 1.54) is 21.2 Å². The van der Waals surface area contributed by atoms with E-state index in [1.807, 2.05) is 49.4 Å². The Bertz CT molecular complexity index is 1720. The van der Waals surface area contributed by atoms with Crippen LogP contribution in [0.5, 0.6) is 0 Å². The smallest absolute Gasteiger partial charge is 0.308 e. The molecule has 3 aromatic carbocycles. The van der Waals surface area contributed by atoms with Gasteiger partial charge in [0.2, 0.25) is 17.7 Å². The van der Waals surface area contributed by atoms with Crippen molar-refractivity contribution in [2.45, 2.75) is 29.7 Å². The Labute approximate surface area is 251 Å². The molecule has 11 heteroatoms. The predicted molar refractivity (Wildman–Crippen MR) is 161 cm³/mol. The number of thiazole rings is 1. The SMILES string of the molecule is Cc1ccccc1NC(=O)Cn1c2c(sc1=O)[C@H](c1ccc(Br)cc1)C1C(=O)N(c3ccc(Cl)cc3)C(=O)C1S2. The van der Waals surface area contributed by atoms with Crippen LogP contribution in [0.1, 0.15) is 21.9 Å². The summed E-state index contributed by atoms with van der Waals surface area (Å²) in [6.45, 7) is 1.68. The Morgan fingerprint density at radius 3 is 2.38 bits per heavy atom. The van der Waals surface area contributed by atoms with Gasteiger partial charge >= 0.3 is 4.87 Å². The lowest BCUT2D eigenvalue weighted by Crippen LogP contribution is -2.33. The zero-order chi connectivity index (χ0) is 28.1. The number of rotatable bonds is 5. The number of para-hydroxylation sites is 1. The van der Waals surface area contributed by atoms with Gasteiger partial charge in [-0.3, -0.25) is 23.7 Å². The summed E-state index contributed by atoms with van der Waals surface area (Å²) in [5.41, 5.74) is 2.83. The molecule has 0 radical (unpaired) electrons. The van der Waals surface area contributed by atoms with E-state index in [4.69, 9.17) is 11.6 Å². The molecule has 3 amide bonds. The minimum absolute atomic E-state index is 0.209. The first-order valence-electron chi connectivity index (χ1n) is 12.4. The van der Waals surface area contributed by atoms with Crippen molar-refractivity contribution in [2.75, 3.05) is 10.2 Å². The molecular formula is C29H21BrClN3O4S2. The number of halogens is 2. The highest BCUT2D eigenvalue weighted by Crippen LogP contribution is 2.54. The van der Waals surface area contributed by atoms with Gasteiger partial charge in [-0.1, -0.05) is 81.0 Å². The van der Waals surface area contributed by atoms with E-state index in [9.17, 15) is 19.2 Å². The van der Waals surface area contributed by atoms with Crippen LogP contribution in [-0.2, 0) is 20.9 Å². The van der Waals surface area contributed by atoms with E-state index in [-0.39, 0.29) is 29.1 Å². The molecule has 0 bridgehead atoms. The van der Waals surface area contributed by atoms with Crippen molar-refractivity contribution in [1.82, 2.24) is 4.57 Å². The molecule has 1 N–H and O–H groups in total. The normalized spacial score (nSPS) is 19.9. The average molecular weight is 655 g/mol. The Morgan fingerprint density at radius 1 is 0.975 bits per heavy atom. The minimum Gasteiger partial charge on any atom is -0.324 e. The summed E-state index contributed by atoms with van der Waals surface area (Å²) in [5.74, 6) is -2.27. The van der Waals surface area contributed by atoms with Crippen LogP contribution >= 0.6 is 50.6 Å². The molecule has 4 aromatic rings. The van der Waals surface area contributed by atoms with Gasteiger partial charge < -0.3 is 5.32 Å². The van der Waals surface area contributed by atoms with Crippen molar-refractivity contribution >= 4 is 79.7 Å². The molecule has 0 saturated carbocycles. The zero-order valence-corrected chi connectivity index (χ0v) is 24.9. The number of nitrogens with one attached hydrogen (secondary N) is 1. The number of imide groups is 1. The number of nitrogens with zero attached hydrogens (tertiary/aromatic N) is 2. The zero-order valence-electron chi connectivity index (χ0n) is 21.0. The van der Waals surface area contributed by atoms with Crippen LogP contribution in [0.4, 0.5) is 11.4 Å². The fourth-order valence-electron chi connectivity index (χ4n) is 5.18. The van der Waals surface area contributed by atoms with Crippen molar-refractivity contribution in [3.8, 4) is 0 Å². The average Bonchev–Trinajstić information content (AvgIpc) is 3.37. The monoisotopic (exact) mass is 653 g/mol. The summed E-state index contributed by atoms with van der Waals surface area (Å²) in [4.78, 5) is 55.6. The van der Waals surface area contributed by atoms with E-state index in [0.717, 1.165) is 26.9 Å². The number of carbonyl (C=O) groups excluding carboxylic acids is 3. The summed E-state index contributed by atoms with van der Waals surface area (Å²) < 4.78 is 2.29. The fraction of sp³-hybridized carbons (Fsp3) is 0.172. The van der Waals surface area contributed by atoms with Crippen LogP contribution in [0, 0.1) is 12.8 Å². The molecule has 1 saturated heterocycles. The lowest BCUT2D eigenvalue weighted by atomic mass is 9.83. The van der Waals surface area contributed by atoms with Crippen LogP contribution < -0.4 is 15.1 Å². The van der Waals surface area contributed by atoms with Crippen molar-refractivity contribution in [3.05, 3.63) is 108 Å². The quantitative estimate of drug-likeness (QED) is 0.264. The molecule has 1 aromatic heterocycles. The number of benzene rings is 3. The van der Waals surface area contributed by atoms with E-state index < -0.39 is 17.1 Å². The van der Waals surface area contributed by atoms with Crippen molar-refractivity contribution in [2.24, 2.45) is 5.92 Å². The number of amides is 3. The van der Waals surface area contributed by atoms with Gasteiger partial charge in [0.05, 0.1) is 16.6 Å². The molecule has 2 unspecified atom stereocenters. The highest BCUT2D eigenvalue weighted by Gasteiger charge is 2.56.